The van der Waals surface area contributed by atoms with Crippen molar-refractivity contribution in [2.75, 3.05) is 11.4 Å². The maximum Gasteiger partial charge on any atom is 0.196 e. The van der Waals surface area contributed by atoms with E-state index >= 15 is 0 Å². The summed E-state index contributed by atoms with van der Waals surface area (Å²) in [7, 11) is 0. The maximum atomic E-state index is 14.1. The topological polar surface area (TPSA) is 41.6 Å². The molecule has 0 aromatic heterocycles. The van der Waals surface area contributed by atoms with E-state index in [-0.39, 0.29) is 23.6 Å². The van der Waals surface area contributed by atoms with Crippen LogP contribution in [0.15, 0.2) is 47.5 Å². The second-order valence-electron chi connectivity index (χ2n) is 5.04. The molecule has 0 fully saturated rings. The first-order chi connectivity index (χ1) is 10.1. The van der Waals surface area contributed by atoms with Crippen LogP contribution in [0.4, 0.5) is 14.5 Å². The van der Waals surface area contributed by atoms with Crippen LogP contribution in [0.2, 0.25) is 0 Å². The lowest BCUT2D eigenvalue weighted by molar-refractivity contribution is 0.615. The molecule has 0 aliphatic carbocycles. The van der Waals surface area contributed by atoms with Crippen molar-refractivity contribution < 1.29 is 8.78 Å². The van der Waals surface area contributed by atoms with Crippen molar-refractivity contribution in [1.29, 1.82) is 0 Å². The van der Waals surface area contributed by atoms with Crippen molar-refractivity contribution in [3.05, 3.63) is 65.2 Å². The second-order valence-corrected chi connectivity index (χ2v) is 5.04. The fraction of sp³-hybridized carbons (Fsp3) is 0.188. The van der Waals surface area contributed by atoms with Gasteiger partial charge in [-0.15, -0.1) is 0 Å². The predicted molar refractivity (Wildman–Crippen MR) is 79.2 cm³/mol. The van der Waals surface area contributed by atoms with Crippen molar-refractivity contribution >= 4 is 11.6 Å². The highest BCUT2D eigenvalue weighted by Gasteiger charge is 2.31. The van der Waals surface area contributed by atoms with Crippen LogP contribution in [0.5, 0.6) is 0 Å². The number of para-hydroxylation sites is 1. The van der Waals surface area contributed by atoms with Crippen LogP contribution < -0.4 is 10.6 Å². The molecule has 3 rings (SSSR count). The quantitative estimate of drug-likeness (QED) is 0.922. The molecule has 0 radical (unpaired) electrons. The molecule has 1 unspecified atom stereocenters. The van der Waals surface area contributed by atoms with E-state index in [9.17, 15) is 8.78 Å². The first-order valence-electron chi connectivity index (χ1n) is 6.67. The van der Waals surface area contributed by atoms with E-state index in [0.29, 0.717) is 12.2 Å². The van der Waals surface area contributed by atoms with Gasteiger partial charge >= 0.3 is 0 Å². The molecule has 3 nitrogen and oxygen atoms in total. The minimum atomic E-state index is -0.359. The Labute approximate surface area is 121 Å². The highest BCUT2D eigenvalue weighted by atomic mass is 19.1. The number of hydrogen-bond acceptors (Lipinski definition) is 3. The van der Waals surface area contributed by atoms with E-state index in [2.05, 4.69) is 4.99 Å². The van der Waals surface area contributed by atoms with Gasteiger partial charge in [-0.2, -0.15) is 0 Å². The van der Waals surface area contributed by atoms with E-state index in [4.69, 9.17) is 5.73 Å². The van der Waals surface area contributed by atoms with Crippen LogP contribution in [-0.4, -0.2) is 12.5 Å². The number of aryl methyl sites for hydroxylation is 1. The molecule has 1 atom stereocenters. The molecule has 2 aromatic rings. The standard InChI is InChI=1S/C16H15F2N3/c1-10-8-11(17)6-7-12(10)15-9-20-16(19)21(15)14-5-3-2-4-13(14)18/h2-8,15H,9H2,1H3,(H2,19,20). The molecule has 0 saturated heterocycles. The van der Waals surface area contributed by atoms with Gasteiger partial charge in [0.1, 0.15) is 11.6 Å². The molecule has 5 heteroatoms. The Balaban J connectivity index is 2.05. The third-order valence-electron chi connectivity index (χ3n) is 3.69. The number of halogens is 2. The molecule has 1 aliphatic heterocycles. The molecule has 108 valence electrons. The molecular weight excluding hydrogens is 272 g/mol. The lowest BCUT2D eigenvalue weighted by Gasteiger charge is -2.28. The molecule has 0 saturated carbocycles. The monoisotopic (exact) mass is 287 g/mol. The van der Waals surface area contributed by atoms with Crippen molar-refractivity contribution in [1.82, 2.24) is 0 Å². The summed E-state index contributed by atoms with van der Waals surface area (Å²) in [4.78, 5) is 5.88. The normalized spacial score (nSPS) is 18.0. The molecule has 2 N–H and O–H groups in total. The number of aliphatic imine (C=N–C) groups is 1. The van der Waals surface area contributed by atoms with E-state index in [1.165, 1.54) is 18.2 Å². The minimum absolute atomic E-state index is 0.220. The van der Waals surface area contributed by atoms with Crippen LogP contribution in [-0.2, 0) is 0 Å². The fourth-order valence-corrected chi connectivity index (χ4v) is 2.69. The number of anilines is 1. The Kier molecular flexibility index (Phi) is 3.33. The number of hydrogen-bond donors (Lipinski definition) is 1. The zero-order valence-electron chi connectivity index (χ0n) is 11.6. The van der Waals surface area contributed by atoms with E-state index < -0.39 is 0 Å². The zero-order chi connectivity index (χ0) is 15.0. The fourth-order valence-electron chi connectivity index (χ4n) is 2.69. The zero-order valence-corrected chi connectivity index (χ0v) is 11.6. The molecule has 1 aliphatic rings. The van der Waals surface area contributed by atoms with Crippen molar-refractivity contribution in [3.8, 4) is 0 Å². The summed E-state index contributed by atoms with van der Waals surface area (Å²) in [5.74, 6) is -0.378. The molecular formula is C16H15F2N3. The van der Waals surface area contributed by atoms with Gasteiger partial charge in [0.15, 0.2) is 5.96 Å². The number of nitrogens with zero attached hydrogens (tertiary/aromatic N) is 2. The predicted octanol–water partition coefficient (Wildman–Crippen LogP) is 3.15. The average Bonchev–Trinajstić information content (AvgIpc) is 2.81. The number of benzene rings is 2. The smallest absolute Gasteiger partial charge is 0.196 e. The highest BCUT2D eigenvalue weighted by molar-refractivity contribution is 5.97. The van der Waals surface area contributed by atoms with Crippen LogP contribution in [0, 0.1) is 18.6 Å². The van der Waals surface area contributed by atoms with Crippen LogP contribution >= 0.6 is 0 Å². The van der Waals surface area contributed by atoms with Gasteiger partial charge in [-0.1, -0.05) is 18.2 Å². The number of nitrogens with two attached hydrogens (primary N) is 1. The molecule has 2 aromatic carbocycles. The lowest BCUT2D eigenvalue weighted by atomic mass is 10.00. The first-order valence-corrected chi connectivity index (χ1v) is 6.67. The van der Waals surface area contributed by atoms with Gasteiger partial charge in [0.25, 0.3) is 0 Å². The lowest BCUT2D eigenvalue weighted by Crippen LogP contribution is -2.37. The van der Waals surface area contributed by atoms with E-state index in [0.717, 1.165) is 11.1 Å². The molecule has 0 spiro atoms. The SMILES string of the molecule is Cc1cc(F)ccc1C1CN=C(N)N1c1ccccc1F. The van der Waals surface area contributed by atoms with Gasteiger partial charge in [-0.25, -0.2) is 8.78 Å². The van der Waals surface area contributed by atoms with Gasteiger partial charge in [-0.3, -0.25) is 4.99 Å². The third kappa shape index (κ3) is 2.35. The van der Waals surface area contributed by atoms with Crippen LogP contribution in [0.25, 0.3) is 0 Å². The van der Waals surface area contributed by atoms with E-state index in [1.807, 2.05) is 6.92 Å². The first kappa shape index (κ1) is 13.5. The van der Waals surface area contributed by atoms with Gasteiger partial charge in [-0.05, 0) is 42.3 Å². The molecule has 1 heterocycles. The van der Waals surface area contributed by atoms with Gasteiger partial charge in [0.05, 0.1) is 18.3 Å². The van der Waals surface area contributed by atoms with Gasteiger partial charge < -0.3 is 10.6 Å². The van der Waals surface area contributed by atoms with Crippen LogP contribution in [0.1, 0.15) is 17.2 Å². The van der Waals surface area contributed by atoms with Gasteiger partial charge in [0.2, 0.25) is 0 Å². The number of guanidine groups is 1. The van der Waals surface area contributed by atoms with Crippen molar-refractivity contribution in [2.45, 2.75) is 13.0 Å². The summed E-state index contributed by atoms with van der Waals surface area (Å²) >= 11 is 0. The Morgan fingerprint density at radius 1 is 1.19 bits per heavy atom. The number of rotatable bonds is 2. The van der Waals surface area contributed by atoms with Crippen molar-refractivity contribution in [2.24, 2.45) is 10.7 Å². The summed E-state index contributed by atoms with van der Waals surface area (Å²) < 4.78 is 27.3. The van der Waals surface area contributed by atoms with Crippen LogP contribution in [0.3, 0.4) is 0 Å². The molecule has 0 amide bonds. The Morgan fingerprint density at radius 3 is 2.67 bits per heavy atom. The largest absolute Gasteiger partial charge is 0.369 e. The second kappa shape index (κ2) is 5.16. The minimum Gasteiger partial charge on any atom is -0.369 e. The summed E-state index contributed by atoms with van der Waals surface area (Å²) in [5.41, 5.74) is 7.99. The maximum absolute atomic E-state index is 14.1. The summed E-state index contributed by atoms with van der Waals surface area (Å²) in [6.07, 6.45) is 0. The highest BCUT2D eigenvalue weighted by Crippen LogP contribution is 2.34. The molecule has 21 heavy (non-hydrogen) atoms. The van der Waals surface area contributed by atoms with Crippen molar-refractivity contribution in [3.63, 3.8) is 0 Å². The molecule has 0 bridgehead atoms. The average molecular weight is 287 g/mol. The Bertz CT molecular complexity index is 712. The summed E-state index contributed by atoms with van der Waals surface area (Å²) in [6, 6.07) is 10.8. The summed E-state index contributed by atoms with van der Waals surface area (Å²) in [6.45, 7) is 2.25. The van der Waals surface area contributed by atoms with E-state index in [1.54, 1.807) is 29.2 Å². The Morgan fingerprint density at radius 2 is 1.95 bits per heavy atom. The summed E-state index contributed by atoms with van der Waals surface area (Å²) in [5, 5.41) is 0. The Hall–Kier alpha value is -2.43. The third-order valence-corrected chi connectivity index (χ3v) is 3.69. The van der Waals surface area contributed by atoms with Gasteiger partial charge in [0, 0.05) is 0 Å².